The predicted octanol–water partition coefficient (Wildman–Crippen LogP) is 4.16. The van der Waals surface area contributed by atoms with Crippen LogP contribution in [-0.2, 0) is 0 Å². The number of aromatic nitrogens is 1. The van der Waals surface area contributed by atoms with Gasteiger partial charge in [-0.1, -0.05) is 30.3 Å². The van der Waals surface area contributed by atoms with E-state index in [1.54, 1.807) is 18.3 Å². The molecule has 3 rings (SSSR count). The van der Waals surface area contributed by atoms with Gasteiger partial charge in [-0.2, -0.15) is 10.4 Å². The van der Waals surface area contributed by atoms with Crippen LogP contribution in [0.5, 0.6) is 5.75 Å². The normalized spacial score (nSPS) is 10.5. The Morgan fingerprint density at radius 1 is 1.17 bits per heavy atom. The number of hydrogen-bond donors (Lipinski definition) is 1. The predicted molar refractivity (Wildman–Crippen MR) is 96.3 cm³/mol. The van der Waals surface area contributed by atoms with Crippen molar-refractivity contribution >= 4 is 22.7 Å². The largest absolute Gasteiger partial charge is 0.479 e. The summed E-state index contributed by atoms with van der Waals surface area (Å²) in [5, 5.41) is 15.4. The fraction of sp³-hybridized carbons (Fsp3) is 0.0556. The summed E-state index contributed by atoms with van der Waals surface area (Å²) in [6.07, 6.45) is 1.71. The van der Waals surface area contributed by atoms with Crippen molar-refractivity contribution in [3.63, 3.8) is 0 Å². The number of hydrazone groups is 1. The third-order valence-electron chi connectivity index (χ3n) is 3.13. The zero-order valence-corrected chi connectivity index (χ0v) is 13.5. The minimum atomic E-state index is 0.0444. The van der Waals surface area contributed by atoms with Crippen molar-refractivity contribution in [3.05, 3.63) is 65.5 Å². The first kappa shape index (κ1) is 15.7. The topological polar surface area (TPSA) is 70.3 Å². The van der Waals surface area contributed by atoms with Gasteiger partial charge in [-0.15, -0.1) is 11.3 Å². The molecule has 1 N–H and O–H groups in total. The van der Waals surface area contributed by atoms with Gasteiger partial charge in [0.25, 0.3) is 0 Å². The van der Waals surface area contributed by atoms with Gasteiger partial charge < -0.3 is 4.74 Å². The van der Waals surface area contributed by atoms with E-state index in [9.17, 15) is 0 Å². The first-order valence-electron chi connectivity index (χ1n) is 7.25. The molecule has 3 aromatic rings. The number of benzene rings is 2. The van der Waals surface area contributed by atoms with E-state index >= 15 is 0 Å². The van der Waals surface area contributed by atoms with Gasteiger partial charge in [-0.3, -0.25) is 5.43 Å². The second-order valence-corrected chi connectivity index (χ2v) is 5.65. The third-order valence-corrected chi connectivity index (χ3v) is 3.88. The molecular weight excluding hydrogens is 320 g/mol. The zero-order chi connectivity index (χ0) is 16.6. The Labute approximate surface area is 143 Å². The van der Waals surface area contributed by atoms with Crippen LogP contribution in [0.2, 0.25) is 0 Å². The van der Waals surface area contributed by atoms with Crippen LogP contribution in [0.15, 0.2) is 65.1 Å². The molecule has 0 bridgehead atoms. The highest BCUT2D eigenvalue weighted by molar-refractivity contribution is 7.14. The summed E-state index contributed by atoms with van der Waals surface area (Å²) in [6, 6.07) is 19.3. The Bertz CT molecular complexity index is 851. The molecule has 0 aliphatic rings. The third kappa shape index (κ3) is 4.18. The highest BCUT2D eigenvalue weighted by Gasteiger charge is 2.02. The number of hydrogen-bond acceptors (Lipinski definition) is 6. The molecule has 1 heterocycles. The fourth-order valence-electron chi connectivity index (χ4n) is 1.99. The second kappa shape index (κ2) is 7.90. The molecule has 0 atom stereocenters. The molecule has 0 radical (unpaired) electrons. The zero-order valence-electron chi connectivity index (χ0n) is 12.7. The molecular formula is C18H14N4OS. The van der Waals surface area contributed by atoms with Gasteiger partial charge in [0.2, 0.25) is 5.13 Å². The molecule has 118 valence electrons. The maximum absolute atomic E-state index is 8.47. The molecule has 0 aliphatic carbocycles. The summed E-state index contributed by atoms with van der Waals surface area (Å²) in [4.78, 5) is 4.50. The highest BCUT2D eigenvalue weighted by Crippen LogP contribution is 2.24. The van der Waals surface area contributed by atoms with E-state index in [-0.39, 0.29) is 6.61 Å². The average Bonchev–Trinajstić information content (AvgIpc) is 3.11. The van der Waals surface area contributed by atoms with Gasteiger partial charge in [0.15, 0.2) is 6.61 Å². The van der Waals surface area contributed by atoms with Crippen LogP contribution in [0.3, 0.4) is 0 Å². The number of nitrogens with one attached hydrogen (secondary N) is 1. The molecule has 0 unspecified atom stereocenters. The molecule has 1 aromatic heterocycles. The van der Waals surface area contributed by atoms with Crippen molar-refractivity contribution < 1.29 is 4.74 Å². The van der Waals surface area contributed by atoms with Gasteiger partial charge in [0, 0.05) is 10.9 Å². The lowest BCUT2D eigenvalue weighted by molar-refractivity contribution is 0.368. The van der Waals surface area contributed by atoms with Gasteiger partial charge in [0.05, 0.1) is 11.9 Å². The van der Waals surface area contributed by atoms with Crippen LogP contribution in [0.4, 0.5) is 5.13 Å². The molecule has 0 amide bonds. The summed E-state index contributed by atoms with van der Waals surface area (Å²) in [5.74, 6) is 0.661. The Kier molecular flexibility index (Phi) is 5.17. The van der Waals surface area contributed by atoms with Crippen LogP contribution in [-0.4, -0.2) is 17.8 Å². The van der Waals surface area contributed by atoms with Crippen LogP contribution in [0.25, 0.3) is 11.3 Å². The first-order chi connectivity index (χ1) is 11.8. The van der Waals surface area contributed by atoms with E-state index in [4.69, 9.17) is 10.00 Å². The first-order valence-corrected chi connectivity index (χ1v) is 8.13. The SMILES string of the molecule is N#CCOc1ccc(/C=N\Nc2nc(-c3ccccc3)cs2)cc1. The van der Waals surface area contributed by atoms with E-state index in [0.29, 0.717) is 5.75 Å². The Morgan fingerprint density at radius 2 is 1.96 bits per heavy atom. The van der Waals surface area contributed by atoms with Crippen molar-refractivity contribution in [2.45, 2.75) is 0 Å². The van der Waals surface area contributed by atoms with Gasteiger partial charge in [0.1, 0.15) is 11.8 Å². The molecule has 24 heavy (non-hydrogen) atoms. The fourth-order valence-corrected chi connectivity index (χ4v) is 2.66. The molecule has 0 aliphatic heterocycles. The number of anilines is 1. The molecule has 0 saturated heterocycles. The van der Waals surface area contributed by atoms with E-state index in [1.807, 2.05) is 53.9 Å². The van der Waals surface area contributed by atoms with Crippen molar-refractivity contribution in [1.82, 2.24) is 4.98 Å². The minimum absolute atomic E-state index is 0.0444. The summed E-state index contributed by atoms with van der Waals surface area (Å²) in [5.41, 5.74) is 5.87. The van der Waals surface area contributed by atoms with Crippen molar-refractivity contribution in [2.24, 2.45) is 5.10 Å². The Balaban J connectivity index is 1.59. The number of thiazole rings is 1. The lowest BCUT2D eigenvalue weighted by Crippen LogP contribution is -1.94. The number of rotatable bonds is 6. The summed E-state index contributed by atoms with van der Waals surface area (Å²) in [6.45, 7) is 0.0444. The highest BCUT2D eigenvalue weighted by atomic mass is 32.1. The molecule has 0 spiro atoms. The monoisotopic (exact) mass is 334 g/mol. The molecule has 2 aromatic carbocycles. The van der Waals surface area contributed by atoms with E-state index in [2.05, 4.69) is 15.5 Å². The summed E-state index contributed by atoms with van der Waals surface area (Å²) < 4.78 is 5.20. The standard InChI is InChI=1S/C18H14N4OS/c19-10-11-23-16-8-6-14(7-9-16)12-20-22-18-21-17(13-24-18)15-4-2-1-3-5-15/h1-9,12-13H,11H2,(H,21,22)/b20-12-. The lowest BCUT2D eigenvalue weighted by atomic mass is 10.2. The van der Waals surface area contributed by atoms with Crippen LogP contribution < -0.4 is 10.2 Å². The van der Waals surface area contributed by atoms with Gasteiger partial charge >= 0.3 is 0 Å². The van der Waals surface area contributed by atoms with Crippen LogP contribution >= 0.6 is 11.3 Å². The smallest absolute Gasteiger partial charge is 0.203 e. The van der Waals surface area contributed by atoms with E-state index < -0.39 is 0 Å². The maximum atomic E-state index is 8.47. The average molecular weight is 334 g/mol. The molecule has 0 saturated carbocycles. The Hall–Kier alpha value is -3.17. The van der Waals surface area contributed by atoms with Crippen molar-refractivity contribution in [2.75, 3.05) is 12.0 Å². The Morgan fingerprint density at radius 3 is 2.71 bits per heavy atom. The minimum Gasteiger partial charge on any atom is -0.479 e. The number of nitrogens with zero attached hydrogens (tertiary/aromatic N) is 3. The van der Waals surface area contributed by atoms with Crippen molar-refractivity contribution in [3.8, 4) is 23.1 Å². The van der Waals surface area contributed by atoms with E-state index in [0.717, 1.165) is 22.0 Å². The van der Waals surface area contributed by atoms with E-state index in [1.165, 1.54) is 11.3 Å². The summed E-state index contributed by atoms with van der Waals surface area (Å²) >= 11 is 1.50. The van der Waals surface area contributed by atoms with Gasteiger partial charge in [-0.05, 0) is 29.8 Å². The van der Waals surface area contributed by atoms with Gasteiger partial charge in [-0.25, -0.2) is 4.98 Å². The van der Waals surface area contributed by atoms with Crippen LogP contribution in [0.1, 0.15) is 5.56 Å². The molecule has 6 heteroatoms. The number of ether oxygens (including phenoxy) is 1. The molecule has 5 nitrogen and oxygen atoms in total. The number of nitriles is 1. The lowest BCUT2D eigenvalue weighted by Gasteiger charge is -2.00. The maximum Gasteiger partial charge on any atom is 0.203 e. The second-order valence-electron chi connectivity index (χ2n) is 4.79. The molecule has 0 fully saturated rings. The quantitative estimate of drug-likeness (QED) is 0.543. The van der Waals surface area contributed by atoms with Crippen molar-refractivity contribution in [1.29, 1.82) is 5.26 Å². The summed E-state index contributed by atoms with van der Waals surface area (Å²) in [7, 11) is 0. The van der Waals surface area contributed by atoms with Crippen LogP contribution in [0, 0.1) is 11.3 Å².